The highest BCUT2D eigenvalue weighted by atomic mass is 19.2. The van der Waals surface area contributed by atoms with Crippen molar-refractivity contribution in [3.63, 3.8) is 0 Å². The second kappa shape index (κ2) is 8.55. The first kappa shape index (κ1) is 20.7. The van der Waals surface area contributed by atoms with E-state index < -0.39 is 46.2 Å². The number of nitrogens with zero attached hydrogens (tertiary/aromatic N) is 3. The number of aromatic nitrogens is 2. The molecule has 3 rings (SSSR count). The second-order valence-electron chi connectivity index (χ2n) is 6.02. The number of carbonyl (C=O) groups is 1. The molecule has 1 N–H and O–H groups in total. The molecule has 0 radical (unpaired) electrons. The van der Waals surface area contributed by atoms with E-state index in [0.717, 1.165) is 10.8 Å². The number of hydrogen-bond acceptors (Lipinski definition) is 4. The number of nitrogens with one attached hydrogen (secondary N) is 1. The largest absolute Gasteiger partial charge is 0.306 e. The van der Waals surface area contributed by atoms with Crippen molar-refractivity contribution in [2.24, 2.45) is 0 Å². The van der Waals surface area contributed by atoms with Gasteiger partial charge in [-0.2, -0.15) is 5.10 Å². The second-order valence-corrected chi connectivity index (χ2v) is 6.02. The van der Waals surface area contributed by atoms with Crippen molar-refractivity contribution in [1.82, 2.24) is 9.78 Å². The number of rotatable bonds is 6. The van der Waals surface area contributed by atoms with E-state index in [9.17, 15) is 32.5 Å². The van der Waals surface area contributed by atoms with E-state index in [1.54, 1.807) is 6.07 Å². The third-order valence-electron chi connectivity index (χ3n) is 3.92. The first-order valence-electron chi connectivity index (χ1n) is 8.33. The molecule has 1 heterocycles. The van der Waals surface area contributed by atoms with E-state index in [1.165, 1.54) is 36.5 Å². The topological polar surface area (TPSA) is 90.1 Å². The van der Waals surface area contributed by atoms with Gasteiger partial charge < -0.3 is 5.32 Å². The van der Waals surface area contributed by atoms with Gasteiger partial charge in [-0.1, -0.05) is 12.1 Å². The van der Waals surface area contributed by atoms with Gasteiger partial charge in [-0.15, -0.1) is 0 Å². The average Bonchev–Trinajstić information content (AvgIpc) is 3.15. The lowest BCUT2D eigenvalue weighted by Gasteiger charge is -2.07. The molecule has 1 amide bonds. The minimum absolute atomic E-state index is 0.0152. The standard InChI is InChI=1S/C19H12F4N4O3/c20-14-9-15(21)19(23)13(18(14)22)10-26-7-6-16(25-26)24-17(28)5-4-11-2-1-3-12(8-11)27(29)30/h1-9H,10H2,(H,24,25,28)/b5-4+. The van der Waals surface area contributed by atoms with E-state index in [0.29, 0.717) is 5.56 Å². The maximum absolute atomic E-state index is 13.7. The average molecular weight is 420 g/mol. The molecule has 0 aliphatic heterocycles. The molecule has 3 aromatic rings. The first-order chi connectivity index (χ1) is 14.2. The van der Waals surface area contributed by atoms with Gasteiger partial charge in [0.2, 0.25) is 5.91 Å². The smallest absolute Gasteiger partial charge is 0.270 e. The van der Waals surface area contributed by atoms with Gasteiger partial charge in [0, 0.05) is 36.5 Å². The van der Waals surface area contributed by atoms with E-state index in [-0.39, 0.29) is 17.6 Å². The van der Waals surface area contributed by atoms with Crippen LogP contribution in [0.15, 0.2) is 48.7 Å². The number of nitro benzene ring substituents is 1. The molecule has 0 saturated carbocycles. The zero-order chi connectivity index (χ0) is 21.8. The summed E-state index contributed by atoms with van der Waals surface area (Å²) in [6, 6.07) is 7.03. The van der Waals surface area contributed by atoms with Crippen LogP contribution in [0.3, 0.4) is 0 Å². The van der Waals surface area contributed by atoms with E-state index >= 15 is 0 Å². The summed E-state index contributed by atoms with van der Waals surface area (Å²) in [6.07, 6.45) is 3.71. The van der Waals surface area contributed by atoms with Crippen LogP contribution >= 0.6 is 0 Å². The minimum atomic E-state index is -1.53. The van der Waals surface area contributed by atoms with Gasteiger partial charge in [-0.05, 0) is 11.6 Å². The predicted octanol–water partition coefficient (Wildman–Crippen LogP) is 4.05. The van der Waals surface area contributed by atoms with Crippen LogP contribution in [0.1, 0.15) is 11.1 Å². The summed E-state index contributed by atoms with van der Waals surface area (Å²) in [7, 11) is 0. The highest BCUT2D eigenvalue weighted by molar-refractivity contribution is 6.01. The molecule has 30 heavy (non-hydrogen) atoms. The first-order valence-corrected chi connectivity index (χ1v) is 8.33. The van der Waals surface area contributed by atoms with Crippen molar-refractivity contribution in [3.8, 4) is 0 Å². The molecule has 0 aliphatic rings. The van der Waals surface area contributed by atoms with E-state index in [2.05, 4.69) is 10.4 Å². The number of benzene rings is 2. The van der Waals surface area contributed by atoms with Crippen LogP contribution in [0.5, 0.6) is 0 Å². The van der Waals surface area contributed by atoms with Crippen molar-refractivity contribution in [2.45, 2.75) is 6.54 Å². The Kier molecular flexibility index (Phi) is 5.90. The SMILES string of the molecule is O=C(/C=C/c1cccc([N+](=O)[O-])c1)Nc1ccn(Cc2c(F)c(F)cc(F)c2F)n1. The monoisotopic (exact) mass is 420 g/mol. The molecule has 0 aliphatic carbocycles. The molecular weight excluding hydrogens is 408 g/mol. The maximum atomic E-state index is 13.7. The van der Waals surface area contributed by atoms with Crippen LogP contribution in [0.2, 0.25) is 0 Å². The summed E-state index contributed by atoms with van der Waals surface area (Å²) in [5, 5.41) is 17.0. The predicted molar refractivity (Wildman–Crippen MR) is 98.4 cm³/mol. The highest BCUT2D eigenvalue weighted by Crippen LogP contribution is 2.20. The van der Waals surface area contributed by atoms with Gasteiger partial charge in [0.05, 0.1) is 17.0 Å². The van der Waals surface area contributed by atoms with Crippen LogP contribution in [-0.4, -0.2) is 20.6 Å². The van der Waals surface area contributed by atoms with Gasteiger partial charge in [0.1, 0.15) is 0 Å². The summed E-state index contributed by atoms with van der Waals surface area (Å²) >= 11 is 0. The highest BCUT2D eigenvalue weighted by Gasteiger charge is 2.19. The van der Waals surface area contributed by atoms with Crippen LogP contribution < -0.4 is 5.32 Å². The Morgan fingerprint density at radius 1 is 1.13 bits per heavy atom. The van der Waals surface area contributed by atoms with Gasteiger partial charge in [-0.25, -0.2) is 17.6 Å². The molecule has 154 valence electrons. The third-order valence-corrected chi connectivity index (χ3v) is 3.92. The van der Waals surface area contributed by atoms with Crippen molar-refractivity contribution < 1.29 is 27.3 Å². The lowest BCUT2D eigenvalue weighted by Crippen LogP contribution is -2.11. The zero-order valence-electron chi connectivity index (χ0n) is 15.0. The quantitative estimate of drug-likeness (QED) is 0.214. The molecule has 11 heteroatoms. The Morgan fingerprint density at radius 3 is 2.50 bits per heavy atom. The van der Waals surface area contributed by atoms with Crippen LogP contribution in [0.25, 0.3) is 6.08 Å². The Hall–Kier alpha value is -4.02. The number of anilines is 1. The molecule has 1 aromatic heterocycles. The van der Waals surface area contributed by atoms with Crippen molar-refractivity contribution in [2.75, 3.05) is 5.32 Å². The Morgan fingerprint density at radius 2 is 1.83 bits per heavy atom. The molecule has 0 atom stereocenters. The molecule has 0 bridgehead atoms. The Labute approximate surface area is 166 Å². The normalized spacial score (nSPS) is 11.1. The van der Waals surface area contributed by atoms with E-state index in [1.807, 2.05) is 0 Å². The molecular formula is C19H12F4N4O3. The summed E-state index contributed by atoms with van der Waals surface area (Å²) in [6.45, 7) is -0.605. The number of nitro groups is 1. The summed E-state index contributed by atoms with van der Waals surface area (Å²) in [5.41, 5.74) is -0.562. The lowest BCUT2D eigenvalue weighted by atomic mass is 10.2. The van der Waals surface area contributed by atoms with Gasteiger partial charge in [0.25, 0.3) is 5.69 Å². The van der Waals surface area contributed by atoms with Gasteiger partial charge >= 0.3 is 0 Å². The Bertz CT molecular complexity index is 1130. The fraction of sp³-hybridized carbons (Fsp3) is 0.0526. The van der Waals surface area contributed by atoms with Gasteiger partial charge in [-0.3, -0.25) is 19.6 Å². The van der Waals surface area contributed by atoms with E-state index in [4.69, 9.17) is 0 Å². The molecule has 0 unspecified atom stereocenters. The fourth-order valence-corrected chi connectivity index (χ4v) is 2.52. The molecule has 0 saturated heterocycles. The zero-order valence-corrected chi connectivity index (χ0v) is 15.0. The minimum Gasteiger partial charge on any atom is -0.306 e. The van der Waals surface area contributed by atoms with Gasteiger partial charge in [0.15, 0.2) is 29.1 Å². The van der Waals surface area contributed by atoms with Crippen molar-refractivity contribution in [1.29, 1.82) is 0 Å². The number of halogens is 4. The van der Waals surface area contributed by atoms with Crippen LogP contribution in [0.4, 0.5) is 29.1 Å². The molecule has 7 nitrogen and oxygen atoms in total. The molecule has 2 aromatic carbocycles. The molecule has 0 fully saturated rings. The fourth-order valence-electron chi connectivity index (χ4n) is 2.52. The number of carbonyl (C=O) groups excluding carboxylic acids is 1. The maximum Gasteiger partial charge on any atom is 0.270 e. The Balaban J connectivity index is 1.68. The lowest BCUT2D eigenvalue weighted by molar-refractivity contribution is -0.384. The third kappa shape index (κ3) is 4.69. The van der Waals surface area contributed by atoms with Crippen LogP contribution in [0, 0.1) is 33.4 Å². The summed E-state index contributed by atoms with van der Waals surface area (Å²) in [5.74, 6) is -6.74. The van der Waals surface area contributed by atoms with Crippen LogP contribution in [-0.2, 0) is 11.3 Å². The number of non-ortho nitro benzene ring substituents is 1. The summed E-state index contributed by atoms with van der Waals surface area (Å²) in [4.78, 5) is 22.1. The number of hydrogen-bond donors (Lipinski definition) is 1. The van der Waals surface area contributed by atoms with Crippen molar-refractivity contribution >= 4 is 23.5 Å². The summed E-state index contributed by atoms with van der Waals surface area (Å²) < 4.78 is 55.0. The van der Waals surface area contributed by atoms with Crippen molar-refractivity contribution in [3.05, 3.63) is 93.2 Å². The molecule has 0 spiro atoms. The number of amides is 1.